The quantitative estimate of drug-likeness (QED) is 0.692. The number of rotatable bonds is 5. The fourth-order valence-corrected chi connectivity index (χ4v) is 4.13. The highest BCUT2D eigenvalue weighted by Gasteiger charge is 2.33. The molecular formula is C22H22FN3O3. The number of carboxylic acid groups (broad SMARTS) is 1. The molecule has 2 atom stereocenters. The highest BCUT2D eigenvalue weighted by Crippen LogP contribution is 2.30. The van der Waals surface area contributed by atoms with Crippen LogP contribution in [0.4, 0.5) is 4.39 Å². The van der Waals surface area contributed by atoms with E-state index < -0.39 is 5.97 Å². The first kappa shape index (κ1) is 19.1. The molecule has 2 heterocycles. The normalized spacial score (nSPS) is 19.4. The zero-order valence-electron chi connectivity index (χ0n) is 15.8. The molecule has 0 bridgehead atoms. The minimum Gasteiger partial charge on any atom is -0.481 e. The van der Waals surface area contributed by atoms with Crippen molar-refractivity contribution in [3.63, 3.8) is 0 Å². The van der Waals surface area contributed by atoms with E-state index in [4.69, 9.17) is 0 Å². The number of nitrogens with zero attached hydrogens (tertiary/aromatic N) is 2. The molecule has 6 nitrogen and oxygen atoms in total. The van der Waals surface area contributed by atoms with Crippen LogP contribution >= 0.6 is 0 Å². The summed E-state index contributed by atoms with van der Waals surface area (Å²) < 4.78 is 13.5. The van der Waals surface area contributed by atoms with Crippen LogP contribution in [0.1, 0.15) is 29.0 Å². The zero-order valence-corrected chi connectivity index (χ0v) is 15.8. The van der Waals surface area contributed by atoms with Gasteiger partial charge in [0.25, 0.3) is 5.91 Å². The average molecular weight is 395 g/mol. The molecule has 0 spiro atoms. The number of amides is 1. The van der Waals surface area contributed by atoms with Gasteiger partial charge >= 0.3 is 5.97 Å². The van der Waals surface area contributed by atoms with E-state index in [0.717, 1.165) is 0 Å². The number of hydrogen-bond donors (Lipinski definition) is 2. The summed E-state index contributed by atoms with van der Waals surface area (Å²) in [4.78, 5) is 33.6. The summed E-state index contributed by atoms with van der Waals surface area (Å²) >= 11 is 0. The fraction of sp³-hybridized carbons (Fsp3) is 0.318. The van der Waals surface area contributed by atoms with E-state index in [-0.39, 0.29) is 30.0 Å². The molecule has 1 aliphatic heterocycles. The number of halogens is 1. The van der Waals surface area contributed by atoms with Crippen LogP contribution in [0.2, 0.25) is 0 Å². The molecule has 0 radical (unpaired) electrons. The second-order valence-electron chi connectivity index (χ2n) is 7.57. The highest BCUT2D eigenvalue weighted by molar-refractivity contribution is 5.94. The Morgan fingerprint density at radius 3 is 2.72 bits per heavy atom. The number of aromatic amines is 1. The number of hydrogen-bond acceptors (Lipinski definition) is 3. The van der Waals surface area contributed by atoms with Crippen LogP contribution in [-0.2, 0) is 11.2 Å². The Bertz CT molecular complexity index is 1030. The third-order valence-corrected chi connectivity index (χ3v) is 5.58. The van der Waals surface area contributed by atoms with Crippen molar-refractivity contribution >= 4 is 22.9 Å². The minimum absolute atomic E-state index is 0.0436. The summed E-state index contributed by atoms with van der Waals surface area (Å²) in [6.07, 6.45) is 1.20. The number of imidazole rings is 1. The second kappa shape index (κ2) is 8.03. The van der Waals surface area contributed by atoms with E-state index in [1.165, 1.54) is 12.1 Å². The molecule has 4 rings (SSSR count). The first-order valence-electron chi connectivity index (χ1n) is 9.70. The van der Waals surface area contributed by atoms with Gasteiger partial charge in [0.1, 0.15) is 11.6 Å². The molecule has 3 aromatic rings. The SMILES string of the molecule is O=C(O)C[C@@H]1CCN(C(=O)c2ccccc2)C[C@@H]1Cc1nc2ccc(F)cc2[nH]1. The predicted molar refractivity (Wildman–Crippen MR) is 106 cm³/mol. The number of fused-ring (bicyclic) bond motifs is 1. The van der Waals surface area contributed by atoms with E-state index in [1.54, 1.807) is 23.1 Å². The van der Waals surface area contributed by atoms with E-state index in [2.05, 4.69) is 9.97 Å². The van der Waals surface area contributed by atoms with Crippen LogP contribution in [0.25, 0.3) is 11.0 Å². The molecule has 7 heteroatoms. The summed E-state index contributed by atoms with van der Waals surface area (Å²) in [7, 11) is 0. The smallest absolute Gasteiger partial charge is 0.303 e. The van der Waals surface area contributed by atoms with Crippen molar-refractivity contribution in [2.75, 3.05) is 13.1 Å². The lowest BCUT2D eigenvalue weighted by Gasteiger charge is -2.38. The second-order valence-corrected chi connectivity index (χ2v) is 7.57. The van der Waals surface area contributed by atoms with Gasteiger partial charge in [0.05, 0.1) is 11.0 Å². The Kier molecular flexibility index (Phi) is 5.29. The lowest BCUT2D eigenvalue weighted by Crippen LogP contribution is -2.45. The summed E-state index contributed by atoms with van der Waals surface area (Å²) in [6.45, 7) is 1.00. The van der Waals surface area contributed by atoms with Crippen LogP contribution in [-0.4, -0.2) is 44.9 Å². The Balaban J connectivity index is 1.55. The summed E-state index contributed by atoms with van der Waals surface area (Å²) in [5.74, 6) is -0.630. The number of carbonyl (C=O) groups is 2. The molecule has 1 amide bonds. The average Bonchev–Trinajstić information content (AvgIpc) is 3.10. The lowest BCUT2D eigenvalue weighted by molar-refractivity contribution is -0.139. The van der Waals surface area contributed by atoms with Crippen molar-refractivity contribution in [1.82, 2.24) is 14.9 Å². The van der Waals surface area contributed by atoms with Gasteiger partial charge in [0.15, 0.2) is 0 Å². The molecule has 150 valence electrons. The van der Waals surface area contributed by atoms with Gasteiger partial charge in [-0.15, -0.1) is 0 Å². The summed E-state index contributed by atoms with van der Waals surface area (Å²) in [6, 6.07) is 13.5. The number of piperidine rings is 1. The van der Waals surface area contributed by atoms with Gasteiger partial charge < -0.3 is 15.0 Å². The van der Waals surface area contributed by atoms with Crippen molar-refractivity contribution in [2.45, 2.75) is 19.3 Å². The van der Waals surface area contributed by atoms with Gasteiger partial charge in [0.2, 0.25) is 0 Å². The largest absolute Gasteiger partial charge is 0.481 e. The van der Waals surface area contributed by atoms with E-state index in [9.17, 15) is 19.1 Å². The number of H-pyrrole nitrogens is 1. The number of benzene rings is 2. The zero-order chi connectivity index (χ0) is 20.4. The van der Waals surface area contributed by atoms with Crippen molar-refractivity contribution < 1.29 is 19.1 Å². The van der Waals surface area contributed by atoms with Crippen molar-refractivity contribution in [3.8, 4) is 0 Å². The van der Waals surface area contributed by atoms with Gasteiger partial charge in [-0.1, -0.05) is 18.2 Å². The van der Waals surface area contributed by atoms with E-state index >= 15 is 0 Å². The summed E-state index contributed by atoms with van der Waals surface area (Å²) in [5, 5.41) is 9.30. The third-order valence-electron chi connectivity index (χ3n) is 5.58. The topological polar surface area (TPSA) is 86.3 Å². The van der Waals surface area contributed by atoms with Crippen LogP contribution in [0.5, 0.6) is 0 Å². The molecule has 2 N–H and O–H groups in total. The number of nitrogens with one attached hydrogen (secondary N) is 1. The van der Waals surface area contributed by atoms with E-state index in [1.807, 2.05) is 18.2 Å². The van der Waals surface area contributed by atoms with E-state index in [0.29, 0.717) is 48.4 Å². The molecule has 1 fully saturated rings. The van der Waals surface area contributed by atoms with Crippen molar-refractivity contribution in [3.05, 3.63) is 65.7 Å². The molecule has 29 heavy (non-hydrogen) atoms. The number of aromatic nitrogens is 2. The Morgan fingerprint density at radius 2 is 1.97 bits per heavy atom. The molecule has 2 aromatic carbocycles. The molecule has 1 aromatic heterocycles. The number of likely N-dealkylation sites (tertiary alicyclic amines) is 1. The predicted octanol–water partition coefficient (Wildman–Crippen LogP) is 3.50. The number of aliphatic carboxylic acids is 1. The highest BCUT2D eigenvalue weighted by atomic mass is 19.1. The molecule has 0 unspecified atom stereocenters. The van der Waals surface area contributed by atoms with Crippen LogP contribution in [0.3, 0.4) is 0 Å². The standard InChI is InChI=1S/C22H22FN3O3/c23-17-6-7-18-19(12-17)25-20(24-18)10-16-13-26(9-8-15(16)11-21(27)28)22(29)14-4-2-1-3-5-14/h1-7,12,15-16H,8-11,13H2,(H,24,25)(H,27,28)/t15-,16-/m0/s1. The maximum Gasteiger partial charge on any atom is 0.303 e. The third kappa shape index (κ3) is 4.29. The first-order valence-corrected chi connectivity index (χ1v) is 9.70. The summed E-state index contributed by atoms with van der Waals surface area (Å²) in [5.41, 5.74) is 1.91. The molecular weight excluding hydrogens is 373 g/mol. The van der Waals surface area contributed by atoms with Gasteiger partial charge in [-0.2, -0.15) is 0 Å². The van der Waals surface area contributed by atoms with Gasteiger partial charge in [-0.3, -0.25) is 9.59 Å². The minimum atomic E-state index is -0.838. The monoisotopic (exact) mass is 395 g/mol. The van der Waals surface area contributed by atoms with Crippen molar-refractivity contribution in [1.29, 1.82) is 0 Å². The van der Waals surface area contributed by atoms with Crippen LogP contribution in [0, 0.1) is 17.7 Å². The van der Waals surface area contributed by atoms with Gasteiger partial charge in [0, 0.05) is 31.5 Å². The molecule has 0 aliphatic carbocycles. The number of carboxylic acids is 1. The first-order chi connectivity index (χ1) is 14.0. The Hall–Kier alpha value is -3.22. The molecule has 1 aliphatic rings. The maximum atomic E-state index is 13.5. The fourth-order valence-electron chi connectivity index (χ4n) is 4.13. The number of carbonyl (C=O) groups excluding carboxylic acids is 1. The Labute approximate surface area is 167 Å². The molecule has 0 saturated carbocycles. The molecule has 1 saturated heterocycles. The lowest BCUT2D eigenvalue weighted by atomic mass is 9.81. The van der Waals surface area contributed by atoms with Gasteiger partial charge in [-0.25, -0.2) is 9.37 Å². The maximum absolute atomic E-state index is 13.5. The Morgan fingerprint density at radius 1 is 1.17 bits per heavy atom. The van der Waals surface area contributed by atoms with Crippen LogP contribution < -0.4 is 0 Å². The van der Waals surface area contributed by atoms with Gasteiger partial charge in [-0.05, 0) is 48.6 Å². The van der Waals surface area contributed by atoms with Crippen LogP contribution in [0.15, 0.2) is 48.5 Å². The van der Waals surface area contributed by atoms with Crippen molar-refractivity contribution in [2.24, 2.45) is 11.8 Å².